The number of benzene rings is 2. The number of hydrogen-bond acceptors (Lipinski definition) is 2. The highest BCUT2D eigenvalue weighted by Crippen LogP contribution is 2.30. The molecule has 106 valence electrons. The highest BCUT2D eigenvalue weighted by Gasteiger charge is 2.16. The van der Waals surface area contributed by atoms with Crippen LogP contribution in [0.3, 0.4) is 0 Å². The predicted octanol–water partition coefficient (Wildman–Crippen LogP) is 3.87. The minimum Gasteiger partial charge on any atom is -0.330 e. The second kappa shape index (κ2) is 6.06. The van der Waals surface area contributed by atoms with Crippen LogP contribution >= 0.6 is 0 Å². The van der Waals surface area contributed by atoms with Gasteiger partial charge in [-0.1, -0.05) is 67.6 Å². The van der Waals surface area contributed by atoms with Gasteiger partial charge in [-0.05, 0) is 0 Å². The van der Waals surface area contributed by atoms with Crippen molar-refractivity contribution in [2.75, 3.05) is 5.75 Å². The topological polar surface area (TPSA) is 45.8 Å². The van der Waals surface area contributed by atoms with E-state index < -0.39 is 10.8 Å². The van der Waals surface area contributed by atoms with Crippen molar-refractivity contribution in [2.45, 2.75) is 12.1 Å². The summed E-state index contributed by atoms with van der Waals surface area (Å²) in [5.74, 6) is 0.552. The Morgan fingerprint density at radius 2 is 1.52 bits per heavy atom. The van der Waals surface area contributed by atoms with E-state index in [2.05, 4.69) is 9.97 Å². The van der Waals surface area contributed by atoms with Crippen LogP contribution in [0.5, 0.6) is 0 Å². The van der Waals surface area contributed by atoms with Crippen LogP contribution in [-0.4, -0.2) is 19.9 Å². The SMILES string of the molecule is CC[S@@](=O)c1nc(-c2ccccc2)c(-c2ccccc2)[nH]1. The minimum atomic E-state index is -1.09. The molecule has 0 unspecified atom stereocenters. The number of rotatable bonds is 4. The van der Waals surface area contributed by atoms with Crippen molar-refractivity contribution in [1.82, 2.24) is 9.97 Å². The summed E-state index contributed by atoms with van der Waals surface area (Å²) < 4.78 is 12.1. The number of hydrogen-bond donors (Lipinski definition) is 1. The molecule has 0 amide bonds. The Balaban J connectivity index is 2.18. The summed E-state index contributed by atoms with van der Waals surface area (Å²) in [6.45, 7) is 1.89. The molecule has 0 saturated carbocycles. The maximum Gasteiger partial charge on any atom is 0.197 e. The maximum atomic E-state index is 12.1. The number of imidazole rings is 1. The first-order valence-electron chi connectivity index (χ1n) is 6.89. The first kappa shape index (κ1) is 13.8. The van der Waals surface area contributed by atoms with Crippen LogP contribution < -0.4 is 0 Å². The molecule has 0 aliphatic carbocycles. The molecule has 1 heterocycles. The standard InChI is InChI=1S/C17H16N2OS/c1-2-21(20)17-18-15(13-9-5-3-6-10-13)16(19-17)14-11-7-4-8-12-14/h3-12H,2H2,1H3,(H,18,19)/t21-/m1/s1. The molecule has 2 aromatic carbocycles. The third kappa shape index (κ3) is 2.81. The molecule has 3 rings (SSSR count). The number of nitrogens with one attached hydrogen (secondary N) is 1. The summed E-state index contributed by atoms with van der Waals surface area (Å²) in [5.41, 5.74) is 3.83. The van der Waals surface area contributed by atoms with Crippen LogP contribution in [-0.2, 0) is 10.8 Å². The van der Waals surface area contributed by atoms with E-state index >= 15 is 0 Å². The lowest BCUT2D eigenvalue weighted by atomic mass is 10.1. The van der Waals surface area contributed by atoms with Gasteiger partial charge in [-0.15, -0.1) is 0 Å². The van der Waals surface area contributed by atoms with E-state index in [0.717, 1.165) is 22.5 Å². The van der Waals surface area contributed by atoms with E-state index in [1.54, 1.807) is 0 Å². The average molecular weight is 296 g/mol. The largest absolute Gasteiger partial charge is 0.330 e. The maximum absolute atomic E-state index is 12.1. The zero-order valence-electron chi connectivity index (χ0n) is 11.7. The average Bonchev–Trinajstić information content (AvgIpc) is 3.01. The summed E-state index contributed by atoms with van der Waals surface area (Å²) in [5, 5.41) is 0.537. The fourth-order valence-electron chi connectivity index (χ4n) is 2.21. The van der Waals surface area contributed by atoms with Crippen LogP contribution in [0, 0.1) is 0 Å². The molecular formula is C17H16N2OS. The van der Waals surface area contributed by atoms with Crippen molar-refractivity contribution in [3.63, 3.8) is 0 Å². The molecule has 0 radical (unpaired) electrons. The quantitative estimate of drug-likeness (QED) is 0.794. The van der Waals surface area contributed by atoms with Crippen molar-refractivity contribution in [1.29, 1.82) is 0 Å². The van der Waals surface area contributed by atoms with Gasteiger partial charge in [-0.2, -0.15) is 0 Å². The van der Waals surface area contributed by atoms with Crippen LogP contribution in [0.15, 0.2) is 65.8 Å². The van der Waals surface area contributed by atoms with Crippen LogP contribution in [0.4, 0.5) is 0 Å². The monoisotopic (exact) mass is 296 g/mol. The van der Waals surface area contributed by atoms with Gasteiger partial charge >= 0.3 is 0 Å². The lowest BCUT2D eigenvalue weighted by Gasteiger charge is -2.02. The van der Waals surface area contributed by atoms with Gasteiger partial charge in [0.2, 0.25) is 0 Å². The van der Waals surface area contributed by atoms with Crippen molar-refractivity contribution in [3.8, 4) is 22.5 Å². The van der Waals surface area contributed by atoms with Crippen molar-refractivity contribution in [2.24, 2.45) is 0 Å². The fourth-order valence-corrected chi connectivity index (χ4v) is 2.90. The number of nitrogens with zero attached hydrogens (tertiary/aromatic N) is 1. The van der Waals surface area contributed by atoms with Crippen molar-refractivity contribution in [3.05, 3.63) is 60.7 Å². The number of aromatic amines is 1. The van der Waals surface area contributed by atoms with Crippen LogP contribution in [0.1, 0.15) is 6.92 Å². The van der Waals surface area contributed by atoms with Gasteiger partial charge in [0.25, 0.3) is 0 Å². The molecule has 1 atom stereocenters. The zero-order chi connectivity index (χ0) is 14.7. The lowest BCUT2D eigenvalue weighted by Crippen LogP contribution is -1.96. The minimum absolute atomic E-state index is 0.537. The molecule has 0 aliphatic heterocycles. The molecule has 0 spiro atoms. The smallest absolute Gasteiger partial charge is 0.197 e. The molecule has 0 bridgehead atoms. The Bertz CT molecular complexity index is 694. The first-order valence-corrected chi connectivity index (χ1v) is 8.20. The molecule has 0 fully saturated rings. The van der Waals surface area contributed by atoms with E-state index in [0.29, 0.717) is 10.9 Å². The fraction of sp³-hybridized carbons (Fsp3) is 0.118. The Morgan fingerprint density at radius 3 is 2.10 bits per heavy atom. The normalized spacial score (nSPS) is 12.2. The molecular weight excluding hydrogens is 280 g/mol. The van der Waals surface area contributed by atoms with Gasteiger partial charge in [-0.25, -0.2) is 4.98 Å². The summed E-state index contributed by atoms with van der Waals surface area (Å²) in [6.07, 6.45) is 0. The molecule has 3 nitrogen and oxygen atoms in total. The Kier molecular flexibility index (Phi) is 3.97. The number of H-pyrrole nitrogens is 1. The molecule has 4 heteroatoms. The number of aromatic nitrogens is 2. The highest BCUT2D eigenvalue weighted by atomic mass is 32.2. The van der Waals surface area contributed by atoms with E-state index in [4.69, 9.17) is 0 Å². The highest BCUT2D eigenvalue weighted by molar-refractivity contribution is 7.84. The van der Waals surface area contributed by atoms with Crippen molar-refractivity contribution >= 4 is 10.8 Å². The van der Waals surface area contributed by atoms with Gasteiger partial charge in [-0.3, -0.25) is 4.21 Å². The zero-order valence-corrected chi connectivity index (χ0v) is 12.6. The van der Waals surface area contributed by atoms with E-state index in [1.165, 1.54) is 0 Å². The first-order chi connectivity index (χ1) is 10.3. The van der Waals surface area contributed by atoms with Crippen LogP contribution in [0.25, 0.3) is 22.5 Å². The Hall–Kier alpha value is -2.20. The second-order valence-corrected chi connectivity index (χ2v) is 6.29. The summed E-state index contributed by atoms with van der Waals surface area (Å²) in [7, 11) is -1.09. The van der Waals surface area contributed by atoms with E-state index in [9.17, 15) is 4.21 Å². The lowest BCUT2D eigenvalue weighted by molar-refractivity contribution is 0.678. The summed E-state index contributed by atoms with van der Waals surface area (Å²) in [4.78, 5) is 7.81. The second-order valence-electron chi connectivity index (χ2n) is 4.63. The van der Waals surface area contributed by atoms with Gasteiger partial charge in [0.15, 0.2) is 5.16 Å². The Labute approximate surface area is 126 Å². The molecule has 0 aliphatic rings. The molecule has 1 aromatic heterocycles. The predicted molar refractivity (Wildman–Crippen MR) is 86.4 cm³/mol. The molecule has 3 aromatic rings. The van der Waals surface area contributed by atoms with Gasteiger partial charge in [0, 0.05) is 16.9 Å². The summed E-state index contributed by atoms with van der Waals surface area (Å²) >= 11 is 0. The van der Waals surface area contributed by atoms with Gasteiger partial charge in [0.1, 0.15) is 0 Å². The molecule has 21 heavy (non-hydrogen) atoms. The van der Waals surface area contributed by atoms with Crippen molar-refractivity contribution < 1.29 is 4.21 Å². The third-order valence-electron chi connectivity index (χ3n) is 3.27. The van der Waals surface area contributed by atoms with Gasteiger partial charge in [0.05, 0.1) is 22.2 Å². The summed E-state index contributed by atoms with van der Waals surface area (Å²) in [6, 6.07) is 20.0. The van der Waals surface area contributed by atoms with E-state index in [1.807, 2.05) is 67.6 Å². The van der Waals surface area contributed by atoms with E-state index in [-0.39, 0.29) is 0 Å². The molecule has 0 saturated heterocycles. The van der Waals surface area contributed by atoms with Gasteiger partial charge < -0.3 is 4.98 Å². The third-order valence-corrected chi connectivity index (χ3v) is 4.42. The molecule has 1 N–H and O–H groups in total. The van der Waals surface area contributed by atoms with Crippen LogP contribution in [0.2, 0.25) is 0 Å². The Morgan fingerprint density at radius 1 is 0.952 bits per heavy atom.